The number of carbonyl (C=O) groups excluding carboxylic acids is 2. The van der Waals surface area contributed by atoms with Crippen LogP contribution in [-0.2, 0) is 27.8 Å². The van der Waals surface area contributed by atoms with Crippen LogP contribution in [-0.4, -0.2) is 52.2 Å². The number of rotatable bonds is 11. The molecule has 1 aliphatic carbocycles. The van der Waals surface area contributed by atoms with Gasteiger partial charge in [0.1, 0.15) is 11.9 Å². The van der Waals surface area contributed by atoms with Crippen molar-refractivity contribution in [2.24, 2.45) is 5.92 Å². The summed E-state index contributed by atoms with van der Waals surface area (Å²) in [6, 6.07) is 10.8. The molecule has 0 spiro atoms. The average molecular weight is 545 g/mol. The molecule has 8 nitrogen and oxygen atoms in total. The normalized spacial score (nSPS) is 16.6. The molecule has 1 fully saturated rings. The van der Waals surface area contributed by atoms with Crippen LogP contribution < -0.4 is 20.3 Å². The molecule has 2 amide bonds. The molecular weight excluding hydrogens is 507 g/mol. The van der Waals surface area contributed by atoms with Gasteiger partial charge in [-0.15, -0.1) is 0 Å². The van der Waals surface area contributed by atoms with Crippen LogP contribution in [0.5, 0.6) is 0 Å². The van der Waals surface area contributed by atoms with Crippen molar-refractivity contribution in [2.75, 3.05) is 30.8 Å². The molecule has 2 aromatic carbocycles. The van der Waals surface area contributed by atoms with Crippen LogP contribution in [0.1, 0.15) is 60.0 Å². The SMILES string of the molecule is CS(=O)(=O)NCc1ccc(C(=O)NC(CC2CCCCC2)C(=O)NCCN2CCc3cc(F)ccc32)cc1. The van der Waals surface area contributed by atoms with E-state index in [0.717, 1.165) is 61.7 Å². The van der Waals surface area contributed by atoms with Crippen molar-refractivity contribution in [3.63, 3.8) is 0 Å². The van der Waals surface area contributed by atoms with Crippen LogP contribution in [0, 0.1) is 11.7 Å². The number of nitrogens with one attached hydrogen (secondary N) is 3. The van der Waals surface area contributed by atoms with Crippen molar-refractivity contribution < 1.29 is 22.4 Å². The molecular formula is C28H37FN4O4S. The van der Waals surface area contributed by atoms with Gasteiger partial charge in [0, 0.05) is 37.4 Å². The second-order valence-corrected chi connectivity index (χ2v) is 12.2. The first-order valence-electron chi connectivity index (χ1n) is 13.3. The molecule has 1 atom stereocenters. The number of sulfonamides is 1. The van der Waals surface area contributed by atoms with Gasteiger partial charge in [-0.1, -0.05) is 44.2 Å². The van der Waals surface area contributed by atoms with E-state index in [2.05, 4.69) is 20.3 Å². The van der Waals surface area contributed by atoms with Gasteiger partial charge >= 0.3 is 0 Å². The summed E-state index contributed by atoms with van der Waals surface area (Å²) in [6.45, 7) is 1.96. The lowest BCUT2D eigenvalue weighted by Gasteiger charge is -2.27. The quantitative estimate of drug-likeness (QED) is 0.403. The number of fused-ring (bicyclic) bond motifs is 1. The fourth-order valence-corrected chi connectivity index (χ4v) is 5.75. The lowest BCUT2D eigenvalue weighted by atomic mass is 9.84. The van der Waals surface area contributed by atoms with Gasteiger partial charge in [0.2, 0.25) is 15.9 Å². The Morgan fingerprint density at radius 1 is 1.08 bits per heavy atom. The number of halogens is 1. The van der Waals surface area contributed by atoms with Crippen LogP contribution in [0.3, 0.4) is 0 Å². The molecule has 38 heavy (non-hydrogen) atoms. The van der Waals surface area contributed by atoms with E-state index in [-0.39, 0.29) is 24.2 Å². The van der Waals surface area contributed by atoms with E-state index in [0.29, 0.717) is 31.0 Å². The molecule has 0 aromatic heterocycles. The number of benzene rings is 2. The Balaban J connectivity index is 1.35. The first kappa shape index (κ1) is 28.0. The van der Waals surface area contributed by atoms with Crippen molar-refractivity contribution in [1.82, 2.24) is 15.4 Å². The largest absolute Gasteiger partial charge is 0.369 e. The smallest absolute Gasteiger partial charge is 0.251 e. The third-order valence-corrected chi connectivity index (χ3v) is 8.05. The van der Waals surface area contributed by atoms with E-state index >= 15 is 0 Å². The maximum Gasteiger partial charge on any atom is 0.251 e. The first-order valence-corrected chi connectivity index (χ1v) is 15.2. The van der Waals surface area contributed by atoms with Gasteiger partial charge in [-0.05, 0) is 60.2 Å². The first-order chi connectivity index (χ1) is 18.2. The molecule has 1 saturated carbocycles. The third-order valence-electron chi connectivity index (χ3n) is 7.38. The summed E-state index contributed by atoms with van der Waals surface area (Å²) in [5.74, 6) is -0.375. The van der Waals surface area contributed by atoms with E-state index in [1.807, 2.05) is 0 Å². The Morgan fingerprint density at radius 3 is 2.53 bits per heavy atom. The number of nitrogens with zero attached hydrogens (tertiary/aromatic N) is 1. The van der Waals surface area contributed by atoms with Crippen LogP contribution >= 0.6 is 0 Å². The molecule has 4 rings (SSSR count). The number of hydrogen-bond donors (Lipinski definition) is 3. The van der Waals surface area contributed by atoms with Crippen molar-refractivity contribution in [1.29, 1.82) is 0 Å². The zero-order valence-corrected chi connectivity index (χ0v) is 22.7. The highest BCUT2D eigenvalue weighted by Crippen LogP contribution is 2.29. The van der Waals surface area contributed by atoms with Gasteiger partial charge in [0.25, 0.3) is 5.91 Å². The monoisotopic (exact) mass is 544 g/mol. The summed E-state index contributed by atoms with van der Waals surface area (Å²) in [4.78, 5) is 28.4. The molecule has 1 unspecified atom stereocenters. The molecule has 1 aliphatic heterocycles. The highest BCUT2D eigenvalue weighted by molar-refractivity contribution is 7.88. The van der Waals surface area contributed by atoms with Gasteiger partial charge < -0.3 is 15.5 Å². The molecule has 0 bridgehead atoms. The van der Waals surface area contributed by atoms with E-state index < -0.39 is 16.1 Å². The van der Waals surface area contributed by atoms with Gasteiger partial charge in [0.15, 0.2) is 0 Å². The number of anilines is 1. The number of amides is 2. The maximum absolute atomic E-state index is 13.5. The van der Waals surface area contributed by atoms with Crippen LogP contribution in [0.15, 0.2) is 42.5 Å². The summed E-state index contributed by atoms with van der Waals surface area (Å²) >= 11 is 0. The third kappa shape index (κ3) is 8.01. The molecule has 3 N–H and O–H groups in total. The van der Waals surface area contributed by atoms with Crippen molar-refractivity contribution in [3.05, 3.63) is 65.0 Å². The van der Waals surface area contributed by atoms with E-state index in [4.69, 9.17) is 0 Å². The molecule has 0 saturated heterocycles. The Kier molecular flexibility index (Phi) is 9.38. The Labute approximate surface area is 224 Å². The van der Waals surface area contributed by atoms with Gasteiger partial charge in [0.05, 0.1) is 6.26 Å². The second kappa shape index (κ2) is 12.7. The minimum absolute atomic E-state index is 0.143. The number of carbonyl (C=O) groups is 2. The van der Waals surface area contributed by atoms with E-state index in [1.54, 1.807) is 36.4 Å². The Hall–Kier alpha value is -2.98. The number of hydrogen-bond acceptors (Lipinski definition) is 5. The molecule has 0 radical (unpaired) electrons. The predicted octanol–water partition coefficient (Wildman–Crippen LogP) is 3.12. The standard InChI is InChI=1S/C28H37FN4O4S/c1-38(36,37)31-19-21-7-9-22(10-8-21)27(34)32-25(17-20-5-3-2-4-6-20)28(35)30-14-16-33-15-13-23-18-24(29)11-12-26(23)33/h7-12,18,20,25,31H,2-6,13-17,19H2,1H3,(H,30,35)(H,32,34). The van der Waals surface area contributed by atoms with Crippen molar-refractivity contribution in [3.8, 4) is 0 Å². The molecule has 1 heterocycles. The Bertz CT molecular complexity index is 1230. The zero-order valence-electron chi connectivity index (χ0n) is 21.8. The maximum atomic E-state index is 13.5. The van der Waals surface area contributed by atoms with Crippen LogP contribution in [0.4, 0.5) is 10.1 Å². The zero-order chi connectivity index (χ0) is 27.1. The summed E-state index contributed by atoms with van der Waals surface area (Å²) in [5, 5.41) is 5.94. The van der Waals surface area contributed by atoms with Crippen molar-refractivity contribution >= 4 is 27.5 Å². The van der Waals surface area contributed by atoms with Gasteiger partial charge in [-0.25, -0.2) is 17.5 Å². The van der Waals surface area contributed by atoms with Gasteiger partial charge in [-0.3, -0.25) is 9.59 Å². The van der Waals surface area contributed by atoms with Crippen molar-refractivity contribution in [2.45, 2.75) is 57.5 Å². The molecule has 2 aromatic rings. The molecule has 10 heteroatoms. The minimum Gasteiger partial charge on any atom is -0.369 e. The summed E-state index contributed by atoms with van der Waals surface area (Å²) < 4.78 is 38.6. The molecule has 206 valence electrons. The summed E-state index contributed by atoms with van der Waals surface area (Å²) in [5.41, 5.74) is 3.13. The fraction of sp³-hybridized carbons (Fsp3) is 0.500. The van der Waals surface area contributed by atoms with Crippen LogP contribution in [0.2, 0.25) is 0 Å². The van der Waals surface area contributed by atoms with Crippen LogP contribution in [0.25, 0.3) is 0 Å². The summed E-state index contributed by atoms with van der Waals surface area (Å²) in [6.07, 6.45) is 8.09. The lowest BCUT2D eigenvalue weighted by molar-refractivity contribution is -0.123. The average Bonchev–Trinajstić information content (AvgIpc) is 3.29. The fourth-order valence-electron chi connectivity index (χ4n) is 5.33. The summed E-state index contributed by atoms with van der Waals surface area (Å²) in [7, 11) is -3.31. The molecule has 2 aliphatic rings. The van der Waals surface area contributed by atoms with E-state index in [9.17, 15) is 22.4 Å². The highest BCUT2D eigenvalue weighted by atomic mass is 32.2. The lowest BCUT2D eigenvalue weighted by Crippen LogP contribution is -2.49. The minimum atomic E-state index is -3.31. The van der Waals surface area contributed by atoms with Gasteiger partial charge in [-0.2, -0.15) is 0 Å². The second-order valence-electron chi connectivity index (χ2n) is 10.4. The highest BCUT2D eigenvalue weighted by Gasteiger charge is 2.27. The topological polar surface area (TPSA) is 108 Å². The van der Waals surface area contributed by atoms with E-state index in [1.165, 1.54) is 12.5 Å². The Morgan fingerprint density at radius 2 is 1.82 bits per heavy atom. The predicted molar refractivity (Wildman–Crippen MR) is 146 cm³/mol.